The summed E-state index contributed by atoms with van der Waals surface area (Å²) in [5.41, 5.74) is 2.44. The molecule has 0 saturated carbocycles. The van der Waals surface area contributed by atoms with E-state index in [1.165, 1.54) is 30.7 Å². The minimum atomic E-state index is -0.954. The number of carbonyl (C=O) groups is 2. The standard InChI is InChI=1S/C20H20FNO3/c1-13(25-20(24)15-8-4-9-16(21)12-15)19(23)22-18-11-5-7-14-6-2-3-10-17(14)18/h2-4,6,8-10,12-13,18H,5,7,11H2,1H3,(H,22,23)/t13-,18+/m0/s1. The molecule has 0 unspecified atom stereocenters. The van der Waals surface area contributed by atoms with Crippen molar-refractivity contribution in [1.29, 1.82) is 0 Å². The number of aryl methyl sites for hydroxylation is 1. The highest BCUT2D eigenvalue weighted by Crippen LogP contribution is 2.29. The molecule has 130 valence electrons. The zero-order valence-electron chi connectivity index (χ0n) is 14.0. The Morgan fingerprint density at radius 3 is 2.80 bits per heavy atom. The third-order valence-corrected chi connectivity index (χ3v) is 4.40. The number of benzene rings is 2. The van der Waals surface area contributed by atoms with Crippen molar-refractivity contribution in [3.8, 4) is 0 Å². The third-order valence-electron chi connectivity index (χ3n) is 4.40. The molecule has 4 nitrogen and oxygen atoms in total. The summed E-state index contributed by atoms with van der Waals surface area (Å²) in [5, 5.41) is 2.95. The number of fused-ring (bicyclic) bond motifs is 1. The molecule has 0 spiro atoms. The molecule has 0 radical (unpaired) electrons. The minimum Gasteiger partial charge on any atom is -0.449 e. The number of ether oxygens (including phenoxy) is 1. The first-order chi connectivity index (χ1) is 12.0. The molecule has 2 aromatic carbocycles. The number of esters is 1. The van der Waals surface area contributed by atoms with E-state index < -0.39 is 17.9 Å². The van der Waals surface area contributed by atoms with Crippen LogP contribution in [0.3, 0.4) is 0 Å². The predicted octanol–water partition coefficient (Wildman–Crippen LogP) is 3.56. The summed E-state index contributed by atoms with van der Waals surface area (Å²) >= 11 is 0. The highest BCUT2D eigenvalue weighted by molar-refractivity contribution is 5.92. The predicted molar refractivity (Wildman–Crippen MR) is 91.5 cm³/mol. The maximum absolute atomic E-state index is 13.2. The van der Waals surface area contributed by atoms with Crippen LogP contribution < -0.4 is 5.32 Å². The first-order valence-corrected chi connectivity index (χ1v) is 8.39. The van der Waals surface area contributed by atoms with Crippen molar-refractivity contribution in [1.82, 2.24) is 5.32 Å². The Hall–Kier alpha value is -2.69. The summed E-state index contributed by atoms with van der Waals surface area (Å²) in [6, 6.07) is 13.2. The van der Waals surface area contributed by atoms with Crippen LogP contribution in [0.4, 0.5) is 4.39 Å². The fourth-order valence-electron chi connectivity index (χ4n) is 3.09. The minimum absolute atomic E-state index is 0.0761. The molecule has 2 aromatic rings. The van der Waals surface area contributed by atoms with E-state index in [2.05, 4.69) is 11.4 Å². The van der Waals surface area contributed by atoms with Crippen LogP contribution in [0, 0.1) is 5.82 Å². The second kappa shape index (κ2) is 7.47. The number of rotatable bonds is 4. The van der Waals surface area contributed by atoms with Gasteiger partial charge in [0, 0.05) is 0 Å². The summed E-state index contributed by atoms with van der Waals surface area (Å²) < 4.78 is 18.4. The SMILES string of the molecule is C[C@H](OC(=O)c1cccc(F)c1)C(=O)N[C@@H]1CCCc2ccccc21. The number of hydrogen-bond donors (Lipinski definition) is 1. The Bertz CT molecular complexity index is 790. The van der Waals surface area contributed by atoms with Crippen molar-refractivity contribution in [3.05, 3.63) is 71.0 Å². The smallest absolute Gasteiger partial charge is 0.339 e. The second-order valence-electron chi connectivity index (χ2n) is 6.21. The van der Waals surface area contributed by atoms with Gasteiger partial charge in [0.2, 0.25) is 0 Å². The maximum atomic E-state index is 13.2. The van der Waals surface area contributed by atoms with Crippen LogP contribution in [0.2, 0.25) is 0 Å². The summed E-state index contributed by atoms with van der Waals surface area (Å²) in [7, 11) is 0. The molecular formula is C20H20FNO3. The first kappa shape index (κ1) is 17.1. The summed E-state index contributed by atoms with van der Waals surface area (Å²) in [5.74, 6) is -1.59. The average molecular weight is 341 g/mol. The van der Waals surface area contributed by atoms with Crippen LogP contribution in [0.5, 0.6) is 0 Å². The quantitative estimate of drug-likeness (QED) is 0.865. The van der Waals surface area contributed by atoms with Crippen LogP contribution in [-0.2, 0) is 16.0 Å². The van der Waals surface area contributed by atoms with Crippen LogP contribution >= 0.6 is 0 Å². The average Bonchev–Trinajstić information content (AvgIpc) is 2.62. The Morgan fingerprint density at radius 2 is 2.00 bits per heavy atom. The molecule has 0 bridgehead atoms. The van der Waals surface area contributed by atoms with Crippen LogP contribution in [0.1, 0.15) is 47.3 Å². The van der Waals surface area contributed by atoms with Gasteiger partial charge in [0.1, 0.15) is 5.82 Å². The van der Waals surface area contributed by atoms with Crippen molar-refractivity contribution in [2.75, 3.05) is 0 Å². The Morgan fingerprint density at radius 1 is 1.20 bits per heavy atom. The molecule has 1 aliphatic rings. The lowest BCUT2D eigenvalue weighted by Gasteiger charge is -2.27. The van der Waals surface area contributed by atoms with E-state index in [1.807, 2.05) is 18.2 Å². The molecule has 0 heterocycles. The topological polar surface area (TPSA) is 55.4 Å². The first-order valence-electron chi connectivity index (χ1n) is 8.39. The van der Waals surface area contributed by atoms with Gasteiger partial charge in [-0.1, -0.05) is 30.3 Å². The summed E-state index contributed by atoms with van der Waals surface area (Å²) in [6.07, 6.45) is 1.91. The number of carbonyl (C=O) groups excluding carboxylic acids is 2. The fourth-order valence-corrected chi connectivity index (χ4v) is 3.09. The molecule has 0 saturated heterocycles. The molecule has 2 atom stereocenters. The van der Waals surface area contributed by atoms with Gasteiger partial charge in [-0.3, -0.25) is 4.79 Å². The summed E-state index contributed by atoms with van der Waals surface area (Å²) in [6.45, 7) is 1.52. The van der Waals surface area contributed by atoms with Crippen LogP contribution in [-0.4, -0.2) is 18.0 Å². The van der Waals surface area contributed by atoms with Crippen molar-refractivity contribution >= 4 is 11.9 Å². The van der Waals surface area contributed by atoms with E-state index in [0.717, 1.165) is 30.9 Å². The molecule has 1 N–H and O–H groups in total. The van der Waals surface area contributed by atoms with Gasteiger partial charge in [0.25, 0.3) is 5.91 Å². The molecule has 25 heavy (non-hydrogen) atoms. The van der Waals surface area contributed by atoms with E-state index in [4.69, 9.17) is 4.74 Å². The maximum Gasteiger partial charge on any atom is 0.339 e. The Balaban J connectivity index is 1.63. The van der Waals surface area contributed by atoms with Crippen molar-refractivity contribution in [2.45, 2.75) is 38.3 Å². The molecule has 0 fully saturated rings. The highest BCUT2D eigenvalue weighted by atomic mass is 19.1. The van der Waals surface area contributed by atoms with Crippen molar-refractivity contribution in [2.24, 2.45) is 0 Å². The Kier molecular flexibility index (Phi) is 5.12. The van der Waals surface area contributed by atoms with Gasteiger partial charge < -0.3 is 10.1 Å². The highest BCUT2D eigenvalue weighted by Gasteiger charge is 2.25. The second-order valence-corrected chi connectivity index (χ2v) is 6.21. The number of nitrogens with one attached hydrogen (secondary N) is 1. The van der Waals surface area contributed by atoms with Crippen molar-refractivity contribution < 1.29 is 18.7 Å². The lowest BCUT2D eigenvalue weighted by molar-refractivity contribution is -0.130. The normalized spacial score (nSPS) is 17.3. The molecule has 5 heteroatoms. The largest absolute Gasteiger partial charge is 0.449 e. The molecule has 1 aliphatic carbocycles. The number of halogens is 1. The molecule has 0 aromatic heterocycles. The molecule has 3 rings (SSSR count). The van der Waals surface area contributed by atoms with E-state index in [1.54, 1.807) is 0 Å². The lowest BCUT2D eigenvalue weighted by atomic mass is 9.87. The van der Waals surface area contributed by atoms with Crippen LogP contribution in [0.15, 0.2) is 48.5 Å². The van der Waals surface area contributed by atoms with Crippen molar-refractivity contribution in [3.63, 3.8) is 0 Å². The number of amides is 1. The van der Waals surface area contributed by atoms with Gasteiger partial charge in [0.15, 0.2) is 6.10 Å². The zero-order chi connectivity index (χ0) is 17.8. The van der Waals surface area contributed by atoms with Gasteiger partial charge in [-0.25, -0.2) is 9.18 Å². The molecule has 0 aliphatic heterocycles. The third kappa shape index (κ3) is 4.05. The van der Waals surface area contributed by atoms with Crippen LogP contribution in [0.25, 0.3) is 0 Å². The zero-order valence-corrected chi connectivity index (χ0v) is 14.0. The molecule has 1 amide bonds. The van der Waals surface area contributed by atoms with Gasteiger partial charge in [-0.15, -0.1) is 0 Å². The van der Waals surface area contributed by atoms with E-state index in [9.17, 15) is 14.0 Å². The summed E-state index contributed by atoms with van der Waals surface area (Å²) in [4.78, 5) is 24.4. The lowest BCUT2D eigenvalue weighted by Crippen LogP contribution is -2.39. The van der Waals surface area contributed by atoms with Gasteiger partial charge in [0.05, 0.1) is 11.6 Å². The van der Waals surface area contributed by atoms with E-state index >= 15 is 0 Å². The molecular weight excluding hydrogens is 321 g/mol. The van der Waals surface area contributed by atoms with E-state index in [-0.39, 0.29) is 17.5 Å². The van der Waals surface area contributed by atoms with Gasteiger partial charge in [-0.2, -0.15) is 0 Å². The number of hydrogen-bond acceptors (Lipinski definition) is 3. The van der Waals surface area contributed by atoms with Gasteiger partial charge >= 0.3 is 5.97 Å². The Labute approximate surface area is 146 Å². The monoisotopic (exact) mass is 341 g/mol. The fraction of sp³-hybridized carbons (Fsp3) is 0.300. The van der Waals surface area contributed by atoms with Gasteiger partial charge in [-0.05, 0) is 55.5 Å². The van der Waals surface area contributed by atoms with E-state index in [0.29, 0.717) is 0 Å².